The summed E-state index contributed by atoms with van der Waals surface area (Å²) in [5.41, 5.74) is 1.38. The van der Waals surface area contributed by atoms with Gasteiger partial charge in [0.2, 0.25) is 3.79 Å². The maximum Gasteiger partial charge on any atom is 0.217 e. The smallest absolute Gasteiger partial charge is 0.104 e. The van der Waals surface area contributed by atoms with E-state index in [9.17, 15) is 0 Å². The minimum atomic E-state index is -1.73. The molecule has 0 radical (unpaired) electrons. The van der Waals surface area contributed by atoms with Gasteiger partial charge in [-0.15, -0.1) is 11.6 Å². The Morgan fingerprint density at radius 3 is 1.30 bits per heavy atom. The lowest BCUT2D eigenvalue weighted by molar-refractivity contribution is 0.739. The van der Waals surface area contributed by atoms with Crippen LogP contribution in [0.2, 0.25) is 0 Å². The first-order valence-electron chi connectivity index (χ1n) is 5.54. The third kappa shape index (κ3) is 3.02. The maximum absolute atomic E-state index is 6.82. The van der Waals surface area contributed by atoms with Crippen LogP contribution in [0, 0.1) is 0 Å². The molecular weight excluding hydrogens is 470 g/mol. The second-order valence-corrected chi connectivity index (χ2v) is 8.67. The zero-order valence-corrected chi connectivity index (χ0v) is 16.1. The minimum absolute atomic E-state index is 0.688. The number of rotatable bonds is 2. The Labute approximate surface area is 154 Å². The first kappa shape index (κ1) is 16.9. The van der Waals surface area contributed by atoms with Crippen LogP contribution in [0.25, 0.3) is 0 Å². The fraction of sp³-hybridized carbons (Fsp3) is 0.143. The average Bonchev–Trinajstić information content (AvgIpc) is 2.37. The van der Waals surface area contributed by atoms with Crippen LogP contribution in [0.4, 0.5) is 0 Å². The number of benzene rings is 2. The van der Waals surface area contributed by atoms with Gasteiger partial charge in [0, 0.05) is 8.95 Å². The van der Waals surface area contributed by atoms with Crippen molar-refractivity contribution in [3.8, 4) is 0 Å². The van der Waals surface area contributed by atoms with E-state index in [0.717, 1.165) is 8.95 Å². The van der Waals surface area contributed by atoms with Crippen molar-refractivity contribution < 1.29 is 0 Å². The molecule has 6 heteroatoms. The molecule has 0 amide bonds. The van der Waals surface area contributed by atoms with Crippen molar-refractivity contribution in [3.63, 3.8) is 0 Å². The molecule has 20 heavy (non-hydrogen) atoms. The highest BCUT2D eigenvalue weighted by Crippen LogP contribution is 2.56. The van der Waals surface area contributed by atoms with E-state index in [1.807, 2.05) is 48.5 Å². The lowest BCUT2D eigenvalue weighted by Crippen LogP contribution is -2.36. The quantitative estimate of drug-likeness (QED) is 0.406. The van der Waals surface area contributed by atoms with Gasteiger partial charge in [0.1, 0.15) is 4.87 Å². The van der Waals surface area contributed by atoms with Crippen molar-refractivity contribution in [2.45, 2.75) is 8.67 Å². The third-order valence-corrected chi connectivity index (χ3v) is 6.09. The van der Waals surface area contributed by atoms with Crippen LogP contribution >= 0.6 is 78.3 Å². The number of hydrogen-bond donors (Lipinski definition) is 0. The molecule has 0 spiro atoms. The zero-order chi connectivity index (χ0) is 15.0. The molecule has 0 unspecified atom stereocenters. The summed E-state index contributed by atoms with van der Waals surface area (Å²) in [6, 6.07) is 14.8. The van der Waals surface area contributed by atoms with Gasteiger partial charge in [-0.25, -0.2) is 0 Å². The van der Waals surface area contributed by atoms with Gasteiger partial charge in [-0.05, 0) is 23.3 Å². The van der Waals surface area contributed by atoms with Gasteiger partial charge in [0.05, 0.1) is 0 Å². The van der Waals surface area contributed by atoms with Gasteiger partial charge in [-0.2, -0.15) is 0 Å². The van der Waals surface area contributed by atoms with Crippen molar-refractivity contribution in [3.05, 3.63) is 68.6 Å². The topological polar surface area (TPSA) is 0 Å². The molecule has 0 aliphatic carbocycles. The SMILES string of the molecule is ClC(Cl)(Cl)C(Cl)(c1ccccc1Br)c1ccccc1Br. The van der Waals surface area contributed by atoms with Crippen molar-refractivity contribution in [1.82, 2.24) is 0 Å². The second-order valence-electron chi connectivity index (χ2n) is 4.12. The van der Waals surface area contributed by atoms with Gasteiger partial charge in [0.25, 0.3) is 0 Å². The third-order valence-electron chi connectivity index (χ3n) is 2.88. The van der Waals surface area contributed by atoms with E-state index in [-0.39, 0.29) is 0 Å². The first-order chi connectivity index (χ1) is 9.28. The average molecular weight is 478 g/mol. The Balaban J connectivity index is 2.78. The number of hydrogen-bond acceptors (Lipinski definition) is 0. The monoisotopic (exact) mass is 474 g/mol. The fourth-order valence-electron chi connectivity index (χ4n) is 1.93. The Bertz CT molecular complexity index is 577. The van der Waals surface area contributed by atoms with Crippen molar-refractivity contribution in [1.29, 1.82) is 0 Å². The van der Waals surface area contributed by atoms with Crippen molar-refractivity contribution in [2.24, 2.45) is 0 Å². The largest absolute Gasteiger partial charge is 0.217 e. The molecule has 0 saturated heterocycles. The van der Waals surface area contributed by atoms with Crippen molar-refractivity contribution in [2.75, 3.05) is 0 Å². The number of halogens is 6. The molecule has 0 aliphatic rings. The molecule has 0 aromatic heterocycles. The molecule has 0 bridgehead atoms. The molecule has 0 aliphatic heterocycles. The Morgan fingerprint density at radius 2 is 1.00 bits per heavy atom. The summed E-state index contributed by atoms with van der Waals surface area (Å²) in [4.78, 5) is -1.32. The summed E-state index contributed by atoms with van der Waals surface area (Å²) < 4.78 is -0.184. The van der Waals surface area contributed by atoms with E-state index >= 15 is 0 Å². The Kier molecular flexibility index (Phi) is 5.38. The molecule has 106 valence electrons. The summed E-state index contributed by atoms with van der Waals surface area (Å²) in [7, 11) is 0. The molecule has 0 nitrogen and oxygen atoms in total. The molecular formula is C14H8Br2Cl4. The van der Waals surface area contributed by atoms with E-state index in [0.29, 0.717) is 11.1 Å². The molecule has 0 fully saturated rings. The minimum Gasteiger partial charge on any atom is -0.104 e. The van der Waals surface area contributed by atoms with E-state index in [1.165, 1.54) is 0 Å². The molecule has 0 saturated carbocycles. The standard InChI is InChI=1S/C14H8Br2Cl4/c15-11-7-3-1-5-9(11)13(17,14(18,19)20)10-6-2-4-8-12(10)16/h1-8H. The zero-order valence-electron chi connectivity index (χ0n) is 9.89. The van der Waals surface area contributed by atoms with E-state index in [2.05, 4.69) is 31.9 Å². The lowest BCUT2D eigenvalue weighted by atomic mass is 9.91. The summed E-state index contributed by atoms with van der Waals surface area (Å²) >= 11 is 32.4. The predicted octanol–water partition coefficient (Wildman–Crippen LogP) is 7.06. The Morgan fingerprint density at radius 1 is 0.650 bits per heavy atom. The second kappa shape index (κ2) is 6.36. The molecule has 0 heterocycles. The van der Waals surface area contributed by atoms with Gasteiger partial charge in [-0.3, -0.25) is 0 Å². The van der Waals surface area contributed by atoms with E-state index in [4.69, 9.17) is 46.4 Å². The maximum atomic E-state index is 6.82. The summed E-state index contributed by atoms with van der Waals surface area (Å²) in [5, 5.41) is 0. The van der Waals surface area contributed by atoms with Crippen LogP contribution in [0.5, 0.6) is 0 Å². The molecule has 0 atom stereocenters. The molecule has 2 aromatic rings. The summed E-state index contributed by atoms with van der Waals surface area (Å²) in [5.74, 6) is 0. The van der Waals surface area contributed by atoms with Gasteiger partial charge in [0.15, 0.2) is 0 Å². The highest BCUT2D eigenvalue weighted by atomic mass is 79.9. The van der Waals surface area contributed by atoms with Crippen LogP contribution in [0.15, 0.2) is 57.5 Å². The number of alkyl halides is 4. The summed E-state index contributed by atoms with van der Waals surface area (Å²) in [6.07, 6.45) is 0. The summed E-state index contributed by atoms with van der Waals surface area (Å²) in [6.45, 7) is 0. The predicted molar refractivity (Wildman–Crippen MR) is 95.2 cm³/mol. The normalized spacial score (nSPS) is 12.5. The van der Waals surface area contributed by atoms with Crippen LogP contribution in [0.1, 0.15) is 11.1 Å². The molecule has 2 rings (SSSR count). The molecule has 2 aromatic carbocycles. The lowest BCUT2D eigenvalue weighted by Gasteiger charge is -2.36. The van der Waals surface area contributed by atoms with Gasteiger partial charge < -0.3 is 0 Å². The van der Waals surface area contributed by atoms with Gasteiger partial charge >= 0.3 is 0 Å². The highest BCUT2D eigenvalue weighted by Gasteiger charge is 2.51. The fourth-order valence-corrected chi connectivity index (χ4v) is 4.26. The van der Waals surface area contributed by atoms with Crippen LogP contribution in [0.3, 0.4) is 0 Å². The van der Waals surface area contributed by atoms with Crippen molar-refractivity contribution >= 4 is 78.3 Å². The Hall–Kier alpha value is 0.560. The molecule has 0 N–H and O–H groups in total. The first-order valence-corrected chi connectivity index (χ1v) is 8.64. The van der Waals surface area contributed by atoms with Crippen LogP contribution < -0.4 is 0 Å². The van der Waals surface area contributed by atoms with Gasteiger partial charge in [-0.1, -0.05) is 103 Å². The van der Waals surface area contributed by atoms with Crippen LogP contribution in [-0.2, 0) is 4.87 Å². The van der Waals surface area contributed by atoms with E-state index in [1.54, 1.807) is 0 Å². The highest BCUT2D eigenvalue weighted by molar-refractivity contribution is 9.10. The van der Waals surface area contributed by atoms with E-state index < -0.39 is 8.67 Å². The van der Waals surface area contributed by atoms with Crippen LogP contribution in [-0.4, -0.2) is 3.79 Å².